The van der Waals surface area contributed by atoms with Crippen LogP contribution in [0.4, 0.5) is 5.69 Å². The minimum Gasteiger partial charge on any atom is -0.366 e. The predicted octanol–water partition coefficient (Wildman–Crippen LogP) is 2.43. The van der Waals surface area contributed by atoms with Gasteiger partial charge in [0.25, 0.3) is 0 Å². The minimum atomic E-state index is 0.154. The van der Waals surface area contributed by atoms with E-state index in [0.29, 0.717) is 6.54 Å². The standard InChI is InChI=1S/C16H24N4/c1-5-15-14(11-19(3)18-15)16(10-17)20(4)13-8-6-12(2)7-9-13/h6-9,11,16H,5,10,17H2,1-4H3. The third-order valence-corrected chi connectivity index (χ3v) is 3.76. The number of likely N-dealkylation sites (N-methyl/N-ethyl adjacent to an activating group) is 1. The molecule has 0 saturated heterocycles. The predicted molar refractivity (Wildman–Crippen MR) is 84.0 cm³/mol. The SMILES string of the molecule is CCc1nn(C)cc1C(CN)N(C)c1ccc(C)cc1. The first kappa shape index (κ1) is 14.6. The Bertz CT molecular complexity index is 556. The van der Waals surface area contributed by atoms with Gasteiger partial charge in [0.15, 0.2) is 0 Å². The number of aromatic nitrogens is 2. The second-order valence-electron chi connectivity index (χ2n) is 5.26. The molecule has 108 valence electrons. The van der Waals surface area contributed by atoms with Gasteiger partial charge in [0.2, 0.25) is 0 Å². The number of aryl methyl sites for hydroxylation is 3. The molecule has 4 heteroatoms. The highest BCUT2D eigenvalue weighted by Crippen LogP contribution is 2.27. The van der Waals surface area contributed by atoms with E-state index in [1.165, 1.54) is 16.8 Å². The number of benzene rings is 1. The highest BCUT2D eigenvalue weighted by atomic mass is 15.3. The van der Waals surface area contributed by atoms with Gasteiger partial charge in [0.1, 0.15) is 0 Å². The van der Waals surface area contributed by atoms with Gasteiger partial charge >= 0.3 is 0 Å². The summed E-state index contributed by atoms with van der Waals surface area (Å²) in [4.78, 5) is 2.23. The first-order valence-corrected chi connectivity index (χ1v) is 7.08. The van der Waals surface area contributed by atoms with Crippen LogP contribution in [0.5, 0.6) is 0 Å². The summed E-state index contributed by atoms with van der Waals surface area (Å²) in [6.07, 6.45) is 3.01. The Balaban J connectivity index is 2.33. The minimum absolute atomic E-state index is 0.154. The van der Waals surface area contributed by atoms with E-state index in [0.717, 1.165) is 12.1 Å². The molecule has 4 nitrogen and oxygen atoms in total. The summed E-state index contributed by atoms with van der Waals surface area (Å²) in [5, 5.41) is 4.52. The van der Waals surface area contributed by atoms with Crippen molar-refractivity contribution in [3.05, 3.63) is 47.3 Å². The maximum absolute atomic E-state index is 6.03. The van der Waals surface area contributed by atoms with Crippen molar-refractivity contribution in [2.24, 2.45) is 12.8 Å². The molecule has 0 aliphatic heterocycles. The first-order valence-electron chi connectivity index (χ1n) is 7.08. The third-order valence-electron chi connectivity index (χ3n) is 3.76. The highest BCUT2D eigenvalue weighted by molar-refractivity contribution is 5.49. The fourth-order valence-corrected chi connectivity index (χ4v) is 2.56. The zero-order chi connectivity index (χ0) is 14.7. The van der Waals surface area contributed by atoms with Gasteiger partial charge in [-0.15, -0.1) is 0 Å². The lowest BCUT2D eigenvalue weighted by Crippen LogP contribution is -2.30. The van der Waals surface area contributed by atoms with Gasteiger partial charge in [-0.25, -0.2) is 0 Å². The molecular formula is C16H24N4. The smallest absolute Gasteiger partial charge is 0.0695 e. The van der Waals surface area contributed by atoms with Gasteiger partial charge in [-0.3, -0.25) is 4.68 Å². The molecule has 0 aliphatic carbocycles. The van der Waals surface area contributed by atoms with Crippen molar-refractivity contribution in [3.63, 3.8) is 0 Å². The van der Waals surface area contributed by atoms with E-state index in [9.17, 15) is 0 Å². The van der Waals surface area contributed by atoms with Crippen LogP contribution in [-0.2, 0) is 13.5 Å². The van der Waals surface area contributed by atoms with Crippen molar-refractivity contribution in [3.8, 4) is 0 Å². The fraction of sp³-hybridized carbons (Fsp3) is 0.438. The molecule has 1 aromatic carbocycles. The lowest BCUT2D eigenvalue weighted by atomic mass is 10.0. The van der Waals surface area contributed by atoms with Crippen molar-refractivity contribution >= 4 is 5.69 Å². The summed E-state index contributed by atoms with van der Waals surface area (Å²) in [6, 6.07) is 8.69. The summed E-state index contributed by atoms with van der Waals surface area (Å²) in [7, 11) is 4.05. The molecule has 1 aromatic heterocycles. The molecule has 0 aliphatic rings. The Hall–Kier alpha value is -1.81. The largest absolute Gasteiger partial charge is 0.366 e. The molecule has 1 unspecified atom stereocenters. The number of hydrogen-bond donors (Lipinski definition) is 1. The Morgan fingerprint density at radius 1 is 1.30 bits per heavy atom. The monoisotopic (exact) mass is 272 g/mol. The van der Waals surface area contributed by atoms with E-state index in [4.69, 9.17) is 5.73 Å². The second-order valence-corrected chi connectivity index (χ2v) is 5.26. The van der Waals surface area contributed by atoms with Gasteiger partial charge in [-0.1, -0.05) is 24.6 Å². The molecule has 20 heavy (non-hydrogen) atoms. The molecule has 1 atom stereocenters. The van der Waals surface area contributed by atoms with Crippen LogP contribution in [0.1, 0.15) is 29.8 Å². The number of hydrogen-bond acceptors (Lipinski definition) is 3. The number of anilines is 1. The van der Waals surface area contributed by atoms with Crippen molar-refractivity contribution < 1.29 is 0 Å². The summed E-state index contributed by atoms with van der Waals surface area (Å²) in [6.45, 7) is 4.80. The van der Waals surface area contributed by atoms with Crippen LogP contribution in [0, 0.1) is 6.92 Å². The molecule has 2 aromatic rings. The van der Waals surface area contributed by atoms with Crippen LogP contribution >= 0.6 is 0 Å². The molecule has 0 saturated carbocycles. The van der Waals surface area contributed by atoms with Crippen molar-refractivity contribution in [2.75, 3.05) is 18.5 Å². The molecule has 2 rings (SSSR count). The van der Waals surface area contributed by atoms with Gasteiger partial charge in [0, 0.05) is 38.1 Å². The maximum atomic E-state index is 6.03. The van der Waals surface area contributed by atoms with Gasteiger partial charge < -0.3 is 10.6 Å². The van der Waals surface area contributed by atoms with Gasteiger partial charge in [-0.2, -0.15) is 5.10 Å². The highest BCUT2D eigenvalue weighted by Gasteiger charge is 2.21. The van der Waals surface area contributed by atoms with E-state index >= 15 is 0 Å². The van der Waals surface area contributed by atoms with Crippen molar-refractivity contribution in [2.45, 2.75) is 26.3 Å². The average molecular weight is 272 g/mol. The fourth-order valence-electron chi connectivity index (χ4n) is 2.56. The molecule has 0 spiro atoms. The number of nitrogens with zero attached hydrogens (tertiary/aromatic N) is 3. The summed E-state index contributed by atoms with van der Waals surface area (Å²) in [5.41, 5.74) is 10.8. The number of nitrogens with two attached hydrogens (primary N) is 1. The quantitative estimate of drug-likeness (QED) is 0.909. The molecule has 0 bridgehead atoms. The van der Waals surface area contributed by atoms with Crippen molar-refractivity contribution in [1.29, 1.82) is 0 Å². The topological polar surface area (TPSA) is 47.1 Å². The molecule has 0 radical (unpaired) electrons. The lowest BCUT2D eigenvalue weighted by Gasteiger charge is -2.29. The third kappa shape index (κ3) is 2.85. The molecule has 0 fully saturated rings. The Kier molecular flexibility index (Phi) is 4.45. The average Bonchev–Trinajstić information content (AvgIpc) is 2.81. The Morgan fingerprint density at radius 3 is 2.50 bits per heavy atom. The van der Waals surface area contributed by atoms with Crippen molar-refractivity contribution in [1.82, 2.24) is 9.78 Å². The number of rotatable bonds is 5. The first-order chi connectivity index (χ1) is 9.56. The van der Waals surface area contributed by atoms with Crippen LogP contribution in [0.25, 0.3) is 0 Å². The summed E-state index contributed by atoms with van der Waals surface area (Å²) >= 11 is 0. The lowest BCUT2D eigenvalue weighted by molar-refractivity contribution is 0.673. The van der Waals surface area contributed by atoms with Gasteiger partial charge in [-0.05, 0) is 25.5 Å². The zero-order valence-corrected chi connectivity index (χ0v) is 12.8. The van der Waals surface area contributed by atoms with E-state index in [-0.39, 0.29) is 6.04 Å². The van der Waals surface area contributed by atoms with Crippen LogP contribution in [0.3, 0.4) is 0 Å². The second kappa shape index (κ2) is 6.09. The van der Waals surface area contributed by atoms with E-state index in [1.54, 1.807) is 0 Å². The zero-order valence-electron chi connectivity index (χ0n) is 12.8. The van der Waals surface area contributed by atoms with E-state index in [1.807, 2.05) is 11.7 Å². The van der Waals surface area contributed by atoms with E-state index < -0.39 is 0 Å². The molecule has 1 heterocycles. The van der Waals surface area contributed by atoms with Crippen LogP contribution in [0.15, 0.2) is 30.5 Å². The van der Waals surface area contributed by atoms with E-state index in [2.05, 4.69) is 61.4 Å². The van der Waals surface area contributed by atoms with Gasteiger partial charge in [0.05, 0.1) is 11.7 Å². The normalized spacial score (nSPS) is 12.4. The molecule has 2 N–H and O–H groups in total. The van der Waals surface area contributed by atoms with Crippen LogP contribution in [-0.4, -0.2) is 23.4 Å². The maximum Gasteiger partial charge on any atom is 0.0695 e. The molecular weight excluding hydrogens is 248 g/mol. The molecule has 0 amide bonds. The summed E-state index contributed by atoms with van der Waals surface area (Å²) < 4.78 is 1.87. The Labute approximate surface area is 121 Å². The summed E-state index contributed by atoms with van der Waals surface area (Å²) in [5.74, 6) is 0. The Morgan fingerprint density at radius 2 is 1.95 bits per heavy atom. The van der Waals surface area contributed by atoms with Crippen LogP contribution < -0.4 is 10.6 Å². The van der Waals surface area contributed by atoms with Crippen LogP contribution in [0.2, 0.25) is 0 Å².